The second-order valence-corrected chi connectivity index (χ2v) is 5.16. The van der Waals surface area contributed by atoms with E-state index < -0.39 is 15.7 Å². The van der Waals surface area contributed by atoms with Crippen LogP contribution in [-0.2, 0) is 10.8 Å². The maximum Gasteiger partial charge on any atom is 0.373 e. The zero-order valence-corrected chi connectivity index (χ0v) is 11.0. The maximum absolute atomic E-state index is 11.6. The molecule has 0 amide bonds. The van der Waals surface area contributed by atoms with Crippen LogP contribution in [0.15, 0.2) is 35.9 Å². The number of hydrogen-bond acceptors (Lipinski definition) is 6. The third-order valence-corrected chi connectivity index (χ3v) is 3.45. The quantitative estimate of drug-likeness (QED) is 0.515. The molecule has 102 valence electrons. The van der Waals surface area contributed by atoms with Crippen LogP contribution in [0.2, 0.25) is 0 Å². The summed E-state index contributed by atoms with van der Waals surface area (Å²) in [5.41, 5.74) is 0.413. The van der Waals surface area contributed by atoms with E-state index in [0.29, 0.717) is 5.65 Å². The van der Waals surface area contributed by atoms with Crippen molar-refractivity contribution in [3.63, 3.8) is 0 Å². The van der Waals surface area contributed by atoms with Gasteiger partial charge in [-0.2, -0.15) is 9.38 Å². The van der Waals surface area contributed by atoms with Gasteiger partial charge in [0.1, 0.15) is 6.33 Å². The Bertz CT molecular complexity index is 839. The molecule has 0 aliphatic carbocycles. The summed E-state index contributed by atoms with van der Waals surface area (Å²) < 4.78 is 14.2. The molecule has 0 N–H and O–H groups in total. The Balaban J connectivity index is 2.36. The van der Waals surface area contributed by atoms with E-state index in [1.54, 1.807) is 18.2 Å². The summed E-state index contributed by atoms with van der Waals surface area (Å²) in [6.45, 7) is 0. The molecule has 0 saturated heterocycles. The minimum Gasteiger partial charge on any atom is -0.358 e. The topological polar surface area (TPSA) is 108 Å². The van der Waals surface area contributed by atoms with E-state index in [4.69, 9.17) is 0 Å². The van der Waals surface area contributed by atoms with Crippen LogP contribution in [0, 0.1) is 10.1 Å². The van der Waals surface area contributed by atoms with Crippen LogP contribution in [-0.4, -0.2) is 39.5 Å². The van der Waals surface area contributed by atoms with Gasteiger partial charge in [0.05, 0.1) is 17.0 Å². The van der Waals surface area contributed by atoms with Crippen molar-refractivity contribution in [3.8, 4) is 5.82 Å². The van der Waals surface area contributed by atoms with Crippen molar-refractivity contribution in [2.45, 2.75) is 5.16 Å². The second kappa shape index (κ2) is 4.49. The van der Waals surface area contributed by atoms with E-state index in [0.717, 1.165) is 0 Å². The lowest BCUT2D eigenvalue weighted by molar-refractivity contribution is -0.390. The van der Waals surface area contributed by atoms with E-state index in [2.05, 4.69) is 15.2 Å². The SMILES string of the molecule is C[S@@](=O)c1nncn1-c1nc2ccccn2c1[N+](=O)[O-]. The Labute approximate surface area is 114 Å². The van der Waals surface area contributed by atoms with Gasteiger partial charge >= 0.3 is 5.82 Å². The maximum atomic E-state index is 11.6. The number of nitro groups is 1. The molecule has 0 aliphatic rings. The van der Waals surface area contributed by atoms with Crippen molar-refractivity contribution in [1.82, 2.24) is 24.1 Å². The monoisotopic (exact) mass is 292 g/mol. The van der Waals surface area contributed by atoms with E-state index in [1.165, 1.54) is 27.7 Å². The number of hydrogen-bond donors (Lipinski definition) is 0. The second-order valence-electron chi connectivity index (χ2n) is 3.88. The summed E-state index contributed by atoms with van der Waals surface area (Å²) >= 11 is 0. The predicted molar refractivity (Wildman–Crippen MR) is 69.1 cm³/mol. The smallest absolute Gasteiger partial charge is 0.358 e. The van der Waals surface area contributed by atoms with Gasteiger partial charge < -0.3 is 10.1 Å². The molecule has 0 spiro atoms. The minimum absolute atomic E-state index is 0.0383. The minimum atomic E-state index is -1.44. The number of fused-ring (bicyclic) bond motifs is 1. The highest BCUT2D eigenvalue weighted by Gasteiger charge is 2.26. The fraction of sp³-hybridized carbons (Fsp3) is 0.100. The van der Waals surface area contributed by atoms with Crippen molar-refractivity contribution in [2.24, 2.45) is 0 Å². The van der Waals surface area contributed by atoms with Gasteiger partial charge in [-0.3, -0.25) is 8.78 Å². The molecule has 0 aliphatic heterocycles. The summed E-state index contributed by atoms with van der Waals surface area (Å²) in [5, 5.41) is 18.7. The fourth-order valence-corrected chi connectivity index (χ4v) is 2.44. The summed E-state index contributed by atoms with van der Waals surface area (Å²) in [7, 11) is -1.44. The average molecular weight is 292 g/mol. The summed E-state index contributed by atoms with van der Waals surface area (Å²) in [6.07, 6.45) is 4.21. The normalized spacial score (nSPS) is 12.7. The molecule has 0 radical (unpaired) electrons. The lowest BCUT2D eigenvalue weighted by atomic mass is 10.5. The van der Waals surface area contributed by atoms with Crippen LogP contribution >= 0.6 is 0 Å². The molecule has 0 fully saturated rings. The summed E-state index contributed by atoms with van der Waals surface area (Å²) in [5.74, 6) is -0.191. The Morgan fingerprint density at radius 1 is 1.40 bits per heavy atom. The molecule has 0 aromatic carbocycles. The van der Waals surface area contributed by atoms with Gasteiger partial charge in [0.15, 0.2) is 0 Å². The molecule has 3 aromatic heterocycles. The molecule has 1 atom stereocenters. The van der Waals surface area contributed by atoms with Crippen LogP contribution in [0.3, 0.4) is 0 Å². The standard InChI is InChI=1S/C10H8N6O3S/c1-20(19)10-13-11-6-15(10)8-9(16(17)18)14-5-3-2-4-7(14)12-8/h2-6H,1H3/t20-/m1/s1. The van der Waals surface area contributed by atoms with Gasteiger partial charge in [-0.05, 0) is 11.0 Å². The Hall–Kier alpha value is -2.62. The molecular formula is C10H8N6O3S. The summed E-state index contributed by atoms with van der Waals surface area (Å²) in [6, 6.07) is 5.03. The predicted octanol–water partition coefficient (Wildman–Crippen LogP) is 0.561. The first-order valence-corrected chi connectivity index (χ1v) is 7.00. The average Bonchev–Trinajstić information content (AvgIpc) is 3.02. The van der Waals surface area contributed by atoms with E-state index >= 15 is 0 Å². The number of rotatable bonds is 3. The number of imidazole rings is 1. The molecular weight excluding hydrogens is 284 g/mol. The zero-order chi connectivity index (χ0) is 14.3. The molecule has 20 heavy (non-hydrogen) atoms. The molecule has 3 aromatic rings. The van der Waals surface area contributed by atoms with Crippen LogP contribution in [0.1, 0.15) is 0 Å². The Morgan fingerprint density at radius 2 is 2.20 bits per heavy atom. The van der Waals surface area contributed by atoms with Gasteiger partial charge in [0.25, 0.3) is 0 Å². The fourth-order valence-electron chi connectivity index (χ4n) is 1.87. The van der Waals surface area contributed by atoms with Crippen LogP contribution in [0.4, 0.5) is 5.82 Å². The van der Waals surface area contributed by atoms with E-state index in [1.807, 2.05) is 0 Å². The van der Waals surface area contributed by atoms with Crippen molar-refractivity contribution in [3.05, 3.63) is 40.8 Å². The first-order valence-electron chi connectivity index (χ1n) is 5.45. The Morgan fingerprint density at radius 3 is 2.90 bits per heavy atom. The molecule has 0 unspecified atom stereocenters. The Kier molecular flexibility index (Phi) is 2.79. The third kappa shape index (κ3) is 1.77. The van der Waals surface area contributed by atoms with E-state index in [9.17, 15) is 14.3 Å². The van der Waals surface area contributed by atoms with Crippen LogP contribution < -0.4 is 0 Å². The largest absolute Gasteiger partial charge is 0.373 e. The highest BCUT2D eigenvalue weighted by atomic mass is 32.2. The van der Waals surface area contributed by atoms with Gasteiger partial charge in [-0.15, -0.1) is 10.2 Å². The molecule has 0 bridgehead atoms. The third-order valence-electron chi connectivity index (χ3n) is 2.66. The lowest BCUT2D eigenvalue weighted by Gasteiger charge is -2.00. The molecule has 3 rings (SSSR count). The zero-order valence-electron chi connectivity index (χ0n) is 10.2. The van der Waals surface area contributed by atoms with Crippen molar-refractivity contribution < 1.29 is 9.13 Å². The van der Waals surface area contributed by atoms with Gasteiger partial charge in [-0.1, -0.05) is 6.07 Å². The highest BCUT2D eigenvalue weighted by molar-refractivity contribution is 7.84. The van der Waals surface area contributed by atoms with E-state index in [-0.39, 0.29) is 16.8 Å². The molecule has 0 saturated carbocycles. The highest BCUT2D eigenvalue weighted by Crippen LogP contribution is 2.25. The number of nitrogens with zero attached hydrogens (tertiary/aromatic N) is 6. The van der Waals surface area contributed by atoms with Crippen LogP contribution in [0.25, 0.3) is 11.5 Å². The number of aromatic nitrogens is 5. The van der Waals surface area contributed by atoms with Crippen molar-refractivity contribution in [2.75, 3.05) is 6.26 Å². The van der Waals surface area contributed by atoms with Gasteiger partial charge in [0.2, 0.25) is 16.6 Å². The lowest BCUT2D eigenvalue weighted by Crippen LogP contribution is -2.05. The molecule has 10 heteroatoms. The van der Waals surface area contributed by atoms with Crippen molar-refractivity contribution in [1.29, 1.82) is 0 Å². The number of pyridine rings is 1. The first kappa shape index (κ1) is 12.4. The van der Waals surface area contributed by atoms with Gasteiger partial charge in [0, 0.05) is 12.3 Å². The van der Waals surface area contributed by atoms with Gasteiger partial charge in [-0.25, -0.2) is 0 Å². The first-order chi connectivity index (χ1) is 9.59. The van der Waals surface area contributed by atoms with Crippen molar-refractivity contribution >= 4 is 22.3 Å². The summed E-state index contributed by atoms with van der Waals surface area (Å²) in [4.78, 5) is 14.9. The molecule has 9 nitrogen and oxygen atoms in total. The molecule has 3 heterocycles. The van der Waals surface area contributed by atoms with Crippen LogP contribution in [0.5, 0.6) is 0 Å².